The number of rotatable bonds is 5. The molecule has 0 amide bonds. The lowest BCUT2D eigenvalue weighted by Crippen LogP contribution is -2.39. The van der Waals surface area contributed by atoms with Crippen molar-refractivity contribution in [1.82, 2.24) is 4.90 Å². The number of nitro groups is 1. The lowest BCUT2D eigenvalue weighted by molar-refractivity contribution is -0.568. The molecular weight excluding hydrogens is 200 g/mol. The van der Waals surface area contributed by atoms with Crippen molar-refractivity contribution in [3.05, 3.63) is 10.1 Å². The van der Waals surface area contributed by atoms with Gasteiger partial charge in [0, 0.05) is 19.0 Å². The van der Waals surface area contributed by atoms with Gasteiger partial charge in [-0.3, -0.25) is 10.1 Å². The third-order valence-corrected chi connectivity index (χ3v) is 2.01. The summed E-state index contributed by atoms with van der Waals surface area (Å²) in [6.07, 6.45) is 1.64. The lowest BCUT2D eigenvalue weighted by atomic mass is 10.1. The van der Waals surface area contributed by atoms with Crippen LogP contribution in [-0.4, -0.2) is 59.9 Å². The highest BCUT2D eigenvalue weighted by molar-refractivity contribution is 6.17. The molecule has 0 aliphatic carbocycles. The topological polar surface area (TPSA) is 91.3 Å². The lowest BCUT2D eigenvalue weighted by Gasteiger charge is -2.20. The van der Waals surface area contributed by atoms with Crippen molar-refractivity contribution in [3.63, 3.8) is 0 Å². The first-order chi connectivity index (χ1) is 6.96. The first-order valence-corrected chi connectivity index (χ1v) is 4.52. The van der Waals surface area contributed by atoms with Gasteiger partial charge in [-0.15, -0.1) is 0 Å². The van der Waals surface area contributed by atoms with Crippen molar-refractivity contribution >= 4 is 12.4 Å². The molecule has 0 spiro atoms. The Morgan fingerprint density at radius 2 is 2.07 bits per heavy atom. The summed E-state index contributed by atoms with van der Waals surface area (Å²) in [5, 5.41) is 20.4. The molecule has 0 aromatic rings. The third kappa shape index (κ3) is 2.80. The number of hydrogen-bond donors (Lipinski definition) is 1. The number of aliphatic hydroxyl groups excluding tert-OH is 1. The Kier molecular flexibility index (Phi) is 3.48. The van der Waals surface area contributed by atoms with Crippen molar-refractivity contribution in [1.29, 1.82) is 0 Å². The van der Waals surface area contributed by atoms with Crippen molar-refractivity contribution < 1.29 is 10.0 Å². The molecule has 1 N–H and O–H groups in total. The first-order valence-electron chi connectivity index (χ1n) is 4.52. The minimum atomic E-state index is -1.71. The predicted octanol–water partition coefficient (Wildman–Crippen LogP) is -0.615. The van der Waals surface area contributed by atoms with E-state index in [4.69, 9.17) is 0 Å². The number of aliphatic hydroxyl groups is 1. The zero-order valence-electron chi connectivity index (χ0n) is 8.70. The number of nitrogens with zero attached hydrogens (tertiary/aromatic N) is 4. The number of likely N-dealkylation sites (N-methyl/N-ethyl adjacent to an activating group) is 1. The zero-order valence-corrected chi connectivity index (χ0v) is 8.70. The number of aliphatic imine (C=N–C) groups is 2. The Morgan fingerprint density at radius 3 is 2.47 bits per heavy atom. The molecule has 0 radical (unpaired) electrons. The normalized spacial score (nSPS) is 19.7. The summed E-state index contributed by atoms with van der Waals surface area (Å²) in [6.45, 7) is 0.348. The van der Waals surface area contributed by atoms with Crippen LogP contribution in [0.4, 0.5) is 0 Å². The van der Waals surface area contributed by atoms with Gasteiger partial charge in [-0.2, -0.15) is 9.98 Å². The van der Waals surface area contributed by atoms with E-state index in [9.17, 15) is 15.2 Å². The van der Waals surface area contributed by atoms with Gasteiger partial charge in [0.25, 0.3) is 0 Å². The van der Waals surface area contributed by atoms with E-state index < -0.39 is 16.8 Å². The molecule has 0 saturated heterocycles. The molecule has 0 aromatic carbocycles. The summed E-state index contributed by atoms with van der Waals surface area (Å²) in [5.74, 6) is -1.71. The maximum absolute atomic E-state index is 10.8. The van der Waals surface area contributed by atoms with E-state index in [1.54, 1.807) is 19.0 Å². The summed E-state index contributed by atoms with van der Waals surface area (Å²) in [4.78, 5) is 19.3. The van der Waals surface area contributed by atoms with Crippen molar-refractivity contribution in [3.8, 4) is 0 Å². The van der Waals surface area contributed by atoms with Crippen LogP contribution in [0.1, 0.15) is 6.42 Å². The van der Waals surface area contributed by atoms with Gasteiger partial charge in [-0.1, -0.05) is 0 Å². The van der Waals surface area contributed by atoms with E-state index >= 15 is 0 Å². The molecule has 15 heavy (non-hydrogen) atoms. The molecule has 1 atom stereocenters. The molecule has 7 heteroatoms. The van der Waals surface area contributed by atoms with Crippen LogP contribution in [0.15, 0.2) is 9.98 Å². The standard InChI is InChI=1S/C8H14N4O3/c1-11(2)6-7(13)5-8(12(14)15)9-3-4-10-8/h3-4,7,13H,5-6H2,1-2H3. The molecule has 0 bridgehead atoms. The Morgan fingerprint density at radius 1 is 1.53 bits per heavy atom. The second kappa shape index (κ2) is 4.45. The second-order valence-corrected chi connectivity index (χ2v) is 3.71. The van der Waals surface area contributed by atoms with Crippen LogP contribution in [-0.2, 0) is 0 Å². The summed E-state index contributed by atoms with van der Waals surface area (Å²) < 4.78 is 0. The zero-order chi connectivity index (χ0) is 11.5. The fourth-order valence-electron chi connectivity index (χ4n) is 1.42. The average molecular weight is 214 g/mol. The number of hydrogen-bond acceptors (Lipinski definition) is 6. The van der Waals surface area contributed by atoms with Gasteiger partial charge in [-0.25, -0.2) is 0 Å². The van der Waals surface area contributed by atoms with Gasteiger partial charge >= 0.3 is 5.79 Å². The van der Waals surface area contributed by atoms with E-state index in [2.05, 4.69) is 9.98 Å². The molecule has 1 rings (SSSR count). The molecule has 7 nitrogen and oxygen atoms in total. The van der Waals surface area contributed by atoms with E-state index in [1.807, 2.05) is 0 Å². The quantitative estimate of drug-likeness (QED) is 0.488. The molecule has 1 unspecified atom stereocenters. The minimum absolute atomic E-state index is 0.106. The van der Waals surface area contributed by atoms with Gasteiger partial charge in [0.1, 0.15) is 0 Å². The summed E-state index contributed by atoms with van der Waals surface area (Å²) in [5.41, 5.74) is 0. The summed E-state index contributed by atoms with van der Waals surface area (Å²) in [7, 11) is 3.56. The van der Waals surface area contributed by atoms with E-state index in [-0.39, 0.29) is 6.42 Å². The van der Waals surface area contributed by atoms with Gasteiger partial charge < -0.3 is 10.0 Å². The van der Waals surface area contributed by atoms with Gasteiger partial charge in [0.05, 0.1) is 17.4 Å². The van der Waals surface area contributed by atoms with Crippen LogP contribution < -0.4 is 0 Å². The molecule has 1 aliphatic heterocycles. The summed E-state index contributed by atoms with van der Waals surface area (Å²) >= 11 is 0. The predicted molar refractivity (Wildman–Crippen MR) is 55.9 cm³/mol. The monoisotopic (exact) mass is 214 g/mol. The maximum Gasteiger partial charge on any atom is 0.414 e. The largest absolute Gasteiger partial charge is 0.414 e. The Bertz CT molecular complexity index is 288. The van der Waals surface area contributed by atoms with E-state index in [1.165, 1.54) is 12.4 Å². The molecule has 0 fully saturated rings. The maximum atomic E-state index is 10.8. The fourth-order valence-corrected chi connectivity index (χ4v) is 1.42. The van der Waals surface area contributed by atoms with Gasteiger partial charge in [0.15, 0.2) is 0 Å². The van der Waals surface area contributed by atoms with Crippen LogP contribution >= 0.6 is 0 Å². The smallest absolute Gasteiger partial charge is 0.391 e. The molecular formula is C8H14N4O3. The van der Waals surface area contributed by atoms with Crippen LogP contribution in [0.3, 0.4) is 0 Å². The molecule has 0 aromatic heterocycles. The molecule has 84 valence electrons. The average Bonchev–Trinajstić information content (AvgIpc) is 2.52. The third-order valence-electron chi connectivity index (χ3n) is 2.01. The highest BCUT2D eigenvalue weighted by atomic mass is 16.6. The van der Waals surface area contributed by atoms with Crippen LogP contribution in [0.2, 0.25) is 0 Å². The first kappa shape index (κ1) is 11.7. The Labute approximate surface area is 87.3 Å². The van der Waals surface area contributed by atoms with E-state index in [0.29, 0.717) is 6.54 Å². The van der Waals surface area contributed by atoms with E-state index in [0.717, 1.165) is 0 Å². The fraction of sp³-hybridized carbons (Fsp3) is 0.750. The van der Waals surface area contributed by atoms with Crippen molar-refractivity contribution in [2.24, 2.45) is 9.98 Å². The molecule has 1 aliphatic rings. The van der Waals surface area contributed by atoms with Gasteiger partial charge in [0.2, 0.25) is 0 Å². The SMILES string of the molecule is CN(C)CC(O)CC1([N+](=O)[O-])N=CC=N1. The Hall–Kier alpha value is -1.34. The van der Waals surface area contributed by atoms with Crippen LogP contribution in [0.25, 0.3) is 0 Å². The van der Waals surface area contributed by atoms with Crippen molar-refractivity contribution in [2.75, 3.05) is 20.6 Å². The van der Waals surface area contributed by atoms with Crippen LogP contribution in [0.5, 0.6) is 0 Å². The van der Waals surface area contributed by atoms with Crippen molar-refractivity contribution in [2.45, 2.75) is 18.3 Å². The second-order valence-electron chi connectivity index (χ2n) is 3.71. The van der Waals surface area contributed by atoms with Gasteiger partial charge in [-0.05, 0) is 14.1 Å². The Balaban J connectivity index is 2.65. The molecule has 0 saturated carbocycles. The summed E-state index contributed by atoms with van der Waals surface area (Å²) in [6, 6.07) is 0. The minimum Gasteiger partial charge on any atom is -0.391 e. The highest BCUT2D eigenvalue weighted by Crippen LogP contribution is 2.23. The van der Waals surface area contributed by atoms with Crippen LogP contribution in [0, 0.1) is 10.1 Å². The highest BCUT2D eigenvalue weighted by Gasteiger charge is 2.45. The molecule has 1 heterocycles.